The zero-order chi connectivity index (χ0) is 12.0. The quantitative estimate of drug-likeness (QED) is 0.499. The Labute approximate surface area is 91.9 Å². The van der Waals surface area contributed by atoms with Crippen LogP contribution in [-0.4, -0.2) is 35.0 Å². The fourth-order valence-corrected chi connectivity index (χ4v) is 1.10. The first-order valence-corrected chi connectivity index (χ1v) is 4.58. The summed E-state index contributed by atoms with van der Waals surface area (Å²) >= 11 is 0. The molecule has 16 heavy (non-hydrogen) atoms. The van der Waals surface area contributed by atoms with Gasteiger partial charge in [-0.2, -0.15) is 0 Å². The van der Waals surface area contributed by atoms with Gasteiger partial charge in [0.25, 0.3) is 5.91 Å². The number of aliphatic hydroxyl groups excluding tert-OH is 1. The number of carboxylic acid groups (broad SMARTS) is 1. The van der Waals surface area contributed by atoms with Crippen molar-refractivity contribution in [2.75, 3.05) is 6.73 Å². The third kappa shape index (κ3) is 3.34. The predicted octanol–water partition coefficient (Wildman–Crippen LogP) is -0.633. The molecular weight excluding hydrogens is 212 g/mol. The smallest absolute Gasteiger partial charge is 0.341 e. The zero-order valence-corrected chi connectivity index (χ0v) is 8.38. The first-order valence-electron chi connectivity index (χ1n) is 4.58. The molecule has 0 radical (unpaired) electrons. The van der Waals surface area contributed by atoms with E-state index in [4.69, 9.17) is 10.2 Å². The number of aliphatic hydroxyl groups is 1. The highest BCUT2D eigenvalue weighted by molar-refractivity contribution is 5.96. The molecule has 1 atom stereocenters. The van der Waals surface area contributed by atoms with Crippen LogP contribution in [0.4, 0.5) is 0 Å². The molecule has 1 aromatic carbocycles. The van der Waals surface area contributed by atoms with Crippen molar-refractivity contribution in [3.63, 3.8) is 0 Å². The van der Waals surface area contributed by atoms with Gasteiger partial charge in [0.2, 0.25) is 0 Å². The van der Waals surface area contributed by atoms with Crippen LogP contribution < -0.4 is 10.6 Å². The molecule has 0 aromatic heterocycles. The monoisotopic (exact) mass is 224 g/mol. The second-order valence-electron chi connectivity index (χ2n) is 2.97. The van der Waals surface area contributed by atoms with Crippen LogP contribution in [0.1, 0.15) is 10.4 Å². The molecule has 86 valence electrons. The molecule has 1 rings (SSSR count). The Morgan fingerprint density at radius 3 is 2.38 bits per heavy atom. The van der Waals surface area contributed by atoms with E-state index >= 15 is 0 Å². The standard InChI is InChI=1S/C10H12N2O4/c13-6-11-8(10(15)16)12-9(14)7-4-2-1-3-5-7/h1-5,8,11,13H,6H2,(H,12,14)(H,15,16). The minimum absolute atomic E-state index is 0.355. The van der Waals surface area contributed by atoms with Gasteiger partial charge in [0.15, 0.2) is 6.17 Å². The van der Waals surface area contributed by atoms with Gasteiger partial charge in [-0.1, -0.05) is 18.2 Å². The molecular formula is C10H12N2O4. The highest BCUT2D eigenvalue weighted by atomic mass is 16.4. The number of hydrogen-bond acceptors (Lipinski definition) is 4. The van der Waals surface area contributed by atoms with Gasteiger partial charge < -0.3 is 15.5 Å². The molecule has 0 saturated heterocycles. The maximum atomic E-state index is 11.5. The summed E-state index contributed by atoms with van der Waals surface area (Å²) in [5, 5.41) is 21.7. The molecule has 0 aliphatic rings. The van der Waals surface area contributed by atoms with E-state index in [1.807, 2.05) is 0 Å². The van der Waals surface area contributed by atoms with Gasteiger partial charge in [-0.25, -0.2) is 4.79 Å². The molecule has 0 saturated carbocycles. The highest BCUT2D eigenvalue weighted by Crippen LogP contribution is 1.98. The molecule has 0 bridgehead atoms. The topological polar surface area (TPSA) is 98.7 Å². The van der Waals surface area contributed by atoms with Crippen molar-refractivity contribution in [1.29, 1.82) is 0 Å². The van der Waals surface area contributed by atoms with Gasteiger partial charge in [0.05, 0.1) is 6.73 Å². The van der Waals surface area contributed by atoms with Crippen molar-refractivity contribution in [3.8, 4) is 0 Å². The SMILES string of the molecule is O=C(NC(NCO)C(=O)O)c1ccccc1. The second-order valence-corrected chi connectivity index (χ2v) is 2.97. The summed E-state index contributed by atoms with van der Waals surface area (Å²) in [4.78, 5) is 22.2. The summed E-state index contributed by atoms with van der Waals surface area (Å²) in [6, 6.07) is 8.21. The number of carbonyl (C=O) groups is 2. The maximum Gasteiger partial charge on any atom is 0.341 e. The van der Waals surface area contributed by atoms with Crippen LogP contribution in [0.25, 0.3) is 0 Å². The normalized spacial score (nSPS) is 11.8. The number of aliphatic carboxylic acids is 1. The number of rotatable bonds is 5. The molecule has 0 heterocycles. The fourth-order valence-electron chi connectivity index (χ4n) is 1.10. The first-order chi connectivity index (χ1) is 7.65. The summed E-state index contributed by atoms with van der Waals surface area (Å²) in [5.41, 5.74) is 0.355. The van der Waals surface area contributed by atoms with Crippen molar-refractivity contribution in [2.45, 2.75) is 6.17 Å². The Balaban J connectivity index is 2.65. The first kappa shape index (κ1) is 12.2. The van der Waals surface area contributed by atoms with Crippen molar-refractivity contribution in [3.05, 3.63) is 35.9 Å². The van der Waals surface area contributed by atoms with E-state index in [0.717, 1.165) is 0 Å². The number of hydrogen-bond donors (Lipinski definition) is 4. The Morgan fingerprint density at radius 2 is 1.88 bits per heavy atom. The lowest BCUT2D eigenvalue weighted by molar-refractivity contribution is -0.140. The average molecular weight is 224 g/mol. The third-order valence-electron chi connectivity index (χ3n) is 1.85. The van der Waals surface area contributed by atoms with Crippen LogP contribution in [0.15, 0.2) is 30.3 Å². The van der Waals surface area contributed by atoms with E-state index in [0.29, 0.717) is 5.56 Å². The van der Waals surface area contributed by atoms with Gasteiger partial charge in [-0.3, -0.25) is 10.1 Å². The third-order valence-corrected chi connectivity index (χ3v) is 1.85. The Kier molecular flexibility index (Phi) is 4.43. The highest BCUT2D eigenvalue weighted by Gasteiger charge is 2.19. The molecule has 1 aromatic rings. The minimum Gasteiger partial charge on any atom is -0.479 e. The predicted molar refractivity (Wildman–Crippen MR) is 55.6 cm³/mol. The summed E-state index contributed by atoms with van der Waals surface area (Å²) < 4.78 is 0. The average Bonchev–Trinajstić information content (AvgIpc) is 2.29. The summed E-state index contributed by atoms with van der Waals surface area (Å²) in [6.07, 6.45) is -1.31. The van der Waals surface area contributed by atoms with Crippen LogP contribution in [0, 0.1) is 0 Å². The van der Waals surface area contributed by atoms with Crippen LogP contribution in [-0.2, 0) is 4.79 Å². The van der Waals surface area contributed by atoms with E-state index in [1.165, 1.54) is 0 Å². The van der Waals surface area contributed by atoms with E-state index in [9.17, 15) is 9.59 Å². The van der Waals surface area contributed by atoms with E-state index < -0.39 is 24.8 Å². The maximum absolute atomic E-state index is 11.5. The number of amides is 1. The lowest BCUT2D eigenvalue weighted by Crippen LogP contribution is -2.51. The van der Waals surface area contributed by atoms with Gasteiger partial charge in [0.1, 0.15) is 0 Å². The van der Waals surface area contributed by atoms with Crippen molar-refractivity contribution >= 4 is 11.9 Å². The lowest BCUT2D eigenvalue weighted by Gasteiger charge is -2.14. The molecule has 0 aliphatic heterocycles. The largest absolute Gasteiger partial charge is 0.479 e. The van der Waals surface area contributed by atoms with E-state index in [1.54, 1.807) is 30.3 Å². The number of carboxylic acids is 1. The molecule has 4 N–H and O–H groups in total. The molecule has 0 fully saturated rings. The summed E-state index contributed by atoms with van der Waals surface area (Å²) in [7, 11) is 0. The van der Waals surface area contributed by atoms with Gasteiger partial charge in [0, 0.05) is 5.56 Å². The van der Waals surface area contributed by atoms with E-state index in [-0.39, 0.29) is 0 Å². The van der Waals surface area contributed by atoms with Crippen molar-refractivity contribution in [2.24, 2.45) is 0 Å². The van der Waals surface area contributed by atoms with Crippen molar-refractivity contribution in [1.82, 2.24) is 10.6 Å². The zero-order valence-electron chi connectivity index (χ0n) is 8.38. The number of carbonyl (C=O) groups excluding carboxylic acids is 1. The lowest BCUT2D eigenvalue weighted by atomic mass is 10.2. The van der Waals surface area contributed by atoms with Crippen LogP contribution in [0.3, 0.4) is 0 Å². The molecule has 0 spiro atoms. The summed E-state index contributed by atoms with van der Waals surface area (Å²) in [6.45, 7) is -0.536. The second kappa shape index (κ2) is 5.84. The molecule has 6 heteroatoms. The van der Waals surface area contributed by atoms with Crippen LogP contribution in [0.2, 0.25) is 0 Å². The Morgan fingerprint density at radius 1 is 1.25 bits per heavy atom. The number of nitrogens with one attached hydrogen (secondary N) is 2. The Hall–Kier alpha value is -1.92. The van der Waals surface area contributed by atoms with Crippen LogP contribution in [0.5, 0.6) is 0 Å². The van der Waals surface area contributed by atoms with Crippen molar-refractivity contribution < 1.29 is 19.8 Å². The minimum atomic E-state index is -1.31. The molecule has 1 unspecified atom stereocenters. The van der Waals surface area contributed by atoms with Gasteiger partial charge >= 0.3 is 5.97 Å². The summed E-state index contributed by atoms with van der Waals surface area (Å²) in [5.74, 6) is -1.78. The van der Waals surface area contributed by atoms with E-state index in [2.05, 4.69) is 10.6 Å². The molecule has 0 aliphatic carbocycles. The number of benzene rings is 1. The Bertz CT molecular complexity index is 366. The fraction of sp³-hybridized carbons (Fsp3) is 0.200. The molecule has 1 amide bonds. The molecule has 6 nitrogen and oxygen atoms in total. The van der Waals surface area contributed by atoms with Gasteiger partial charge in [-0.05, 0) is 12.1 Å². The van der Waals surface area contributed by atoms with Gasteiger partial charge in [-0.15, -0.1) is 0 Å². The van der Waals surface area contributed by atoms with Crippen LogP contribution >= 0.6 is 0 Å².